The molecular weight excluding hydrogens is 324 g/mol. The molecule has 5 heteroatoms. The number of benzene rings is 1. The third kappa shape index (κ3) is 4.21. The van der Waals surface area contributed by atoms with Gasteiger partial charge in [-0.05, 0) is 53.4 Å². The Bertz CT molecular complexity index is 455. The number of rotatable bonds is 6. The third-order valence-electron chi connectivity index (χ3n) is 3.05. The van der Waals surface area contributed by atoms with E-state index in [1.807, 2.05) is 6.92 Å². The predicted octanol–water partition coefficient (Wildman–Crippen LogP) is 3.57. The van der Waals surface area contributed by atoms with Gasteiger partial charge in [0.25, 0.3) is 0 Å². The normalized spacial score (nSPS) is 18.0. The van der Waals surface area contributed by atoms with Gasteiger partial charge >= 0.3 is 5.97 Å². The molecule has 1 aromatic carbocycles. The van der Waals surface area contributed by atoms with Crippen LogP contribution in [0.5, 0.6) is 5.75 Å². The fraction of sp³-hybridized carbons (Fsp3) is 0.533. The van der Waals surface area contributed by atoms with E-state index in [0.29, 0.717) is 18.8 Å². The van der Waals surface area contributed by atoms with Crippen molar-refractivity contribution in [3.05, 3.63) is 28.2 Å². The molecule has 0 amide bonds. The minimum absolute atomic E-state index is 0.0505. The van der Waals surface area contributed by atoms with Gasteiger partial charge in [-0.15, -0.1) is 0 Å². The molecule has 0 radical (unpaired) electrons. The molecule has 1 unspecified atom stereocenters. The Morgan fingerprint density at radius 3 is 3.00 bits per heavy atom. The minimum atomic E-state index is -0.330. The summed E-state index contributed by atoms with van der Waals surface area (Å²) in [7, 11) is 0. The summed E-state index contributed by atoms with van der Waals surface area (Å²) in [6.45, 7) is 3.79. The van der Waals surface area contributed by atoms with E-state index >= 15 is 0 Å². The lowest BCUT2D eigenvalue weighted by atomic mass is 10.2. The van der Waals surface area contributed by atoms with Gasteiger partial charge in [0.15, 0.2) is 0 Å². The summed E-state index contributed by atoms with van der Waals surface area (Å²) in [4.78, 5) is 11.9. The zero-order valence-corrected chi connectivity index (χ0v) is 13.1. The highest BCUT2D eigenvalue weighted by Gasteiger charge is 2.18. The molecule has 1 saturated heterocycles. The molecule has 1 aromatic rings. The topological polar surface area (TPSA) is 44.8 Å². The molecule has 110 valence electrons. The van der Waals surface area contributed by atoms with E-state index in [-0.39, 0.29) is 12.1 Å². The number of carbonyl (C=O) groups excluding carboxylic acids is 1. The van der Waals surface area contributed by atoms with Crippen molar-refractivity contribution in [1.29, 1.82) is 0 Å². The van der Waals surface area contributed by atoms with Crippen LogP contribution < -0.4 is 4.74 Å². The molecule has 0 saturated carbocycles. The quantitative estimate of drug-likeness (QED) is 0.741. The van der Waals surface area contributed by atoms with E-state index < -0.39 is 0 Å². The van der Waals surface area contributed by atoms with Gasteiger partial charge in [0.2, 0.25) is 0 Å². The lowest BCUT2D eigenvalue weighted by molar-refractivity contribution is 0.0161. The fourth-order valence-electron chi connectivity index (χ4n) is 1.98. The maximum atomic E-state index is 11.9. The maximum Gasteiger partial charge on any atom is 0.338 e. The molecule has 2 rings (SSSR count). The Morgan fingerprint density at radius 1 is 1.50 bits per heavy atom. The van der Waals surface area contributed by atoms with Gasteiger partial charge in [-0.1, -0.05) is 6.92 Å². The smallest absolute Gasteiger partial charge is 0.338 e. The monoisotopic (exact) mass is 342 g/mol. The average Bonchev–Trinajstić information content (AvgIpc) is 2.96. The summed E-state index contributed by atoms with van der Waals surface area (Å²) in [5, 5.41) is 0. The highest BCUT2D eigenvalue weighted by Crippen LogP contribution is 2.26. The first-order chi connectivity index (χ1) is 9.70. The van der Waals surface area contributed by atoms with E-state index in [2.05, 4.69) is 15.9 Å². The maximum absolute atomic E-state index is 11.9. The van der Waals surface area contributed by atoms with Crippen LogP contribution in [0, 0.1) is 0 Å². The number of esters is 1. The summed E-state index contributed by atoms with van der Waals surface area (Å²) in [5.74, 6) is 0.408. The SMILES string of the molecule is CCCOc1ccc(C(=O)OCC2CCCO2)cc1Br. The molecule has 20 heavy (non-hydrogen) atoms. The molecule has 0 aliphatic carbocycles. The van der Waals surface area contributed by atoms with Gasteiger partial charge in [0.1, 0.15) is 12.4 Å². The molecule has 1 heterocycles. The second kappa shape index (κ2) is 7.64. The molecule has 1 atom stereocenters. The third-order valence-corrected chi connectivity index (χ3v) is 3.67. The van der Waals surface area contributed by atoms with Crippen LogP contribution in [-0.4, -0.2) is 31.9 Å². The van der Waals surface area contributed by atoms with Crippen molar-refractivity contribution in [2.75, 3.05) is 19.8 Å². The predicted molar refractivity (Wildman–Crippen MR) is 79.2 cm³/mol. The molecule has 4 nitrogen and oxygen atoms in total. The van der Waals surface area contributed by atoms with Crippen molar-refractivity contribution in [2.24, 2.45) is 0 Å². The average molecular weight is 343 g/mol. The van der Waals surface area contributed by atoms with Crippen LogP contribution in [0.4, 0.5) is 0 Å². The van der Waals surface area contributed by atoms with Crippen LogP contribution in [0.25, 0.3) is 0 Å². The zero-order valence-electron chi connectivity index (χ0n) is 11.6. The first-order valence-electron chi connectivity index (χ1n) is 6.91. The summed E-state index contributed by atoms with van der Waals surface area (Å²) >= 11 is 3.41. The molecule has 1 fully saturated rings. The van der Waals surface area contributed by atoms with Crippen molar-refractivity contribution in [3.63, 3.8) is 0 Å². The molecule has 0 aromatic heterocycles. The van der Waals surface area contributed by atoms with E-state index in [9.17, 15) is 4.79 Å². The fourth-order valence-corrected chi connectivity index (χ4v) is 2.48. The van der Waals surface area contributed by atoms with Crippen LogP contribution in [0.3, 0.4) is 0 Å². The van der Waals surface area contributed by atoms with Gasteiger partial charge in [-0.25, -0.2) is 4.79 Å². The number of ether oxygens (including phenoxy) is 3. The Kier molecular flexibility index (Phi) is 5.86. The van der Waals surface area contributed by atoms with Crippen LogP contribution in [-0.2, 0) is 9.47 Å². The first kappa shape index (κ1) is 15.3. The number of hydrogen-bond acceptors (Lipinski definition) is 4. The standard InChI is InChI=1S/C15H19BrO4/c1-2-7-19-14-6-5-11(9-13(14)16)15(17)20-10-12-4-3-8-18-12/h5-6,9,12H,2-4,7-8,10H2,1H3. The van der Waals surface area contributed by atoms with Gasteiger partial charge in [-0.2, -0.15) is 0 Å². The van der Waals surface area contributed by atoms with Gasteiger partial charge in [0, 0.05) is 6.61 Å². The van der Waals surface area contributed by atoms with Crippen molar-refractivity contribution >= 4 is 21.9 Å². The second-order valence-electron chi connectivity index (χ2n) is 4.73. The molecule has 1 aliphatic rings. The summed E-state index contributed by atoms with van der Waals surface area (Å²) in [6, 6.07) is 5.22. The second-order valence-corrected chi connectivity index (χ2v) is 5.58. The summed E-state index contributed by atoms with van der Waals surface area (Å²) in [5.41, 5.74) is 0.513. The van der Waals surface area contributed by atoms with Crippen LogP contribution in [0.1, 0.15) is 36.5 Å². The van der Waals surface area contributed by atoms with E-state index in [1.165, 1.54) is 0 Å². The number of halogens is 1. The zero-order chi connectivity index (χ0) is 14.4. The summed E-state index contributed by atoms with van der Waals surface area (Å²) in [6.07, 6.45) is 2.99. The van der Waals surface area contributed by atoms with Crippen molar-refractivity contribution in [3.8, 4) is 5.75 Å². The largest absolute Gasteiger partial charge is 0.492 e. The molecular formula is C15H19BrO4. The van der Waals surface area contributed by atoms with Gasteiger partial charge in [0.05, 0.1) is 22.7 Å². The van der Waals surface area contributed by atoms with Crippen LogP contribution in [0.15, 0.2) is 22.7 Å². The lowest BCUT2D eigenvalue weighted by Crippen LogP contribution is -2.17. The highest BCUT2D eigenvalue weighted by atomic mass is 79.9. The van der Waals surface area contributed by atoms with Crippen molar-refractivity contribution < 1.29 is 19.0 Å². The van der Waals surface area contributed by atoms with Crippen molar-refractivity contribution in [2.45, 2.75) is 32.3 Å². The Labute approximate surface area is 127 Å². The molecule has 0 spiro atoms. The van der Waals surface area contributed by atoms with E-state index in [4.69, 9.17) is 14.2 Å². The van der Waals surface area contributed by atoms with Gasteiger partial charge < -0.3 is 14.2 Å². The number of hydrogen-bond donors (Lipinski definition) is 0. The molecule has 1 aliphatic heterocycles. The number of carbonyl (C=O) groups is 1. The van der Waals surface area contributed by atoms with Crippen LogP contribution >= 0.6 is 15.9 Å². The lowest BCUT2D eigenvalue weighted by Gasteiger charge is -2.11. The Hall–Kier alpha value is -1.07. The van der Waals surface area contributed by atoms with Gasteiger partial charge in [-0.3, -0.25) is 0 Å². The summed E-state index contributed by atoms with van der Waals surface area (Å²) < 4.78 is 17.0. The van der Waals surface area contributed by atoms with Crippen molar-refractivity contribution in [1.82, 2.24) is 0 Å². The first-order valence-corrected chi connectivity index (χ1v) is 7.71. The minimum Gasteiger partial charge on any atom is -0.492 e. The van der Waals surface area contributed by atoms with E-state index in [1.54, 1.807) is 18.2 Å². The van der Waals surface area contributed by atoms with E-state index in [0.717, 1.165) is 36.1 Å². The molecule has 0 bridgehead atoms. The Morgan fingerprint density at radius 2 is 2.35 bits per heavy atom. The highest BCUT2D eigenvalue weighted by molar-refractivity contribution is 9.10. The Balaban J connectivity index is 1.90. The van der Waals surface area contributed by atoms with Crippen LogP contribution in [0.2, 0.25) is 0 Å². The molecule has 0 N–H and O–H groups in total.